The van der Waals surface area contributed by atoms with Gasteiger partial charge in [-0.2, -0.15) is 0 Å². The highest BCUT2D eigenvalue weighted by atomic mass is 32.1. The number of allylic oxidation sites excluding steroid dienone is 4. The highest BCUT2D eigenvalue weighted by Gasteiger charge is 2.51. The number of thiophene rings is 3. The predicted octanol–water partition coefficient (Wildman–Crippen LogP) is 11.3. The maximum absolute atomic E-state index is 13.5. The number of hydrogen-bond donors (Lipinski definition) is 0. The van der Waals surface area contributed by atoms with Gasteiger partial charge in [0.1, 0.15) is 0 Å². The third kappa shape index (κ3) is 3.89. The van der Waals surface area contributed by atoms with E-state index in [0.29, 0.717) is 27.8 Å². The van der Waals surface area contributed by atoms with Crippen LogP contribution in [0.25, 0.3) is 31.3 Å². The van der Waals surface area contributed by atoms with Crippen molar-refractivity contribution in [3.63, 3.8) is 0 Å². The molecule has 6 aliphatic carbocycles. The van der Waals surface area contributed by atoms with Crippen LogP contribution >= 0.6 is 34.0 Å². The third-order valence-corrected chi connectivity index (χ3v) is 16.4. The van der Waals surface area contributed by atoms with Gasteiger partial charge in [0, 0.05) is 53.3 Å². The van der Waals surface area contributed by atoms with E-state index in [2.05, 4.69) is 12.1 Å². The second kappa shape index (κ2) is 10.6. The Balaban J connectivity index is 1.06. The van der Waals surface area contributed by atoms with Crippen LogP contribution < -0.4 is 0 Å². The molecule has 2 spiro atoms. The Morgan fingerprint density at radius 2 is 1.04 bits per heavy atom. The molecule has 0 radical (unpaired) electrons. The van der Waals surface area contributed by atoms with E-state index in [1.54, 1.807) is 35.6 Å². The quantitative estimate of drug-likeness (QED) is 0.134. The van der Waals surface area contributed by atoms with Crippen molar-refractivity contribution in [2.45, 2.75) is 75.0 Å². The number of carbonyl (C=O) groups excluding carboxylic acids is 4. The van der Waals surface area contributed by atoms with Gasteiger partial charge >= 0.3 is 0 Å². The highest BCUT2D eigenvalue weighted by Crippen LogP contribution is 2.67. The molecule has 2 saturated carbocycles. The molecule has 3 aromatic heterocycles. The zero-order chi connectivity index (χ0) is 34.2. The topological polar surface area (TPSA) is 68.3 Å². The van der Waals surface area contributed by atoms with Gasteiger partial charge < -0.3 is 0 Å². The molecule has 0 saturated heterocycles. The van der Waals surface area contributed by atoms with Crippen LogP contribution in [0.3, 0.4) is 0 Å². The number of Topliss-reactive ketones (excluding diaryl/α,β-unsaturated/α-hetero) is 4. The number of ketones is 4. The molecular weight excluding hydrogens is 689 g/mol. The summed E-state index contributed by atoms with van der Waals surface area (Å²) in [5.41, 5.74) is 7.82. The molecule has 0 N–H and O–H groups in total. The van der Waals surface area contributed by atoms with E-state index in [-0.39, 0.29) is 39.5 Å². The lowest BCUT2D eigenvalue weighted by Crippen LogP contribution is -2.29. The van der Waals surface area contributed by atoms with E-state index in [0.717, 1.165) is 49.0 Å². The van der Waals surface area contributed by atoms with E-state index in [9.17, 15) is 19.2 Å². The van der Waals surface area contributed by atoms with E-state index in [1.165, 1.54) is 66.4 Å². The first kappa shape index (κ1) is 30.3. The van der Waals surface area contributed by atoms with E-state index >= 15 is 0 Å². The van der Waals surface area contributed by atoms with Crippen LogP contribution in [0, 0.1) is 0 Å². The summed E-state index contributed by atoms with van der Waals surface area (Å²) in [6.07, 6.45) is 17.5. The Morgan fingerprint density at radius 3 is 1.61 bits per heavy atom. The van der Waals surface area contributed by atoms with Crippen LogP contribution in [0.1, 0.15) is 132 Å². The SMILES string of the molecule is O=C1C(=CC2=Cc3sc4c5c(sc4c3C23CCCCC3)-c2sc(C=C3C(=O)c4ccccc4C3=O)cc2C52CCCCC2)C(=O)c2ccccc21. The summed E-state index contributed by atoms with van der Waals surface area (Å²) in [7, 11) is 0. The summed E-state index contributed by atoms with van der Waals surface area (Å²) in [5, 5.41) is 0. The largest absolute Gasteiger partial charge is 0.288 e. The van der Waals surface area contributed by atoms with Gasteiger partial charge in [0.25, 0.3) is 0 Å². The normalized spacial score (nSPS) is 20.7. The van der Waals surface area contributed by atoms with Crippen molar-refractivity contribution in [3.05, 3.63) is 126 Å². The van der Waals surface area contributed by atoms with Gasteiger partial charge in [0.2, 0.25) is 0 Å². The molecule has 4 nitrogen and oxygen atoms in total. The van der Waals surface area contributed by atoms with E-state index in [1.807, 2.05) is 59.1 Å². The van der Waals surface area contributed by atoms with Crippen LogP contribution in [0.4, 0.5) is 0 Å². The monoisotopic (exact) mass is 720 g/mol. The van der Waals surface area contributed by atoms with Crippen molar-refractivity contribution in [2.24, 2.45) is 0 Å². The molecule has 250 valence electrons. The lowest BCUT2D eigenvalue weighted by Gasteiger charge is -2.36. The van der Waals surface area contributed by atoms with Crippen molar-refractivity contribution in [3.8, 4) is 9.75 Å². The van der Waals surface area contributed by atoms with Crippen molar-refractivity contribution >= 4 is 78.7 Å². The Kier molecular flexibility index (Phi) is 6.32. The van der Waals surface area contributed by atoms with E-state index < -0.39 is 0 Å². The van der Waals surface area contributed by atoms with Crippen molar-refractivity contribution < 1.29 is 19.2 Å². The van der Waals surface area contributed by atoms with E-state index in [4.69, 9.17) is 0 Å². The van der Waals surface area contributed by atoms with Gasteiger partial charge in [-0.1, -0.05) is 87.1 Å². The molecule has 5 aromatic rings. The van der Waals surface area contributed by atoms with Gasteiger partial charge in [0.15, 0.2) is 23.1 Å². The minimum absolute atomic E-state index is 0.0532. The molecule has 0 bridgehead atoms. The first-order chi connectivity index (χ1) is 24.9. The Hall–Kier alpha value is -4.30. The van der Waals surface area contributed by atoms with Gasteiger partial charge in [-0.15, -0.1) is 34.0 Å². The van der Waals surface area contributed by atoms with Gasteiger partial charge in [-0.05, 0) is 66.7 Å². The number of hydrogen-bond acceptors (Lipinski definition) is 7. The maximum Gasteiger partial charge on any atom is 0.197 e. The number of rotatable bonds is 2. The zero-order valence-corrected chi connectivity index (χ0v) is 30.3. The van der Waals surface area contributed by atoms with Gasteiger partial charge in [0.05, 0.1) is 25.4 Å². The van der Waals surface area contributed by atoms with Crippen LogP contribution in [0.2, 0.25) is 0 Å². The highest BCUT2D eigenvalue weighted by molar-refractivity contribution is 7.32. The molecule has 6 aliphatic rings. The smallest absolute Gasteiger partial charge is 0.197 e. The standard InChI is InChI=1S/C44H32O4S3/c45-35-25-11-3-4-12-26(25)36(46)29(35)19-23-20-32-33(43(23)15-7-1-8-16-43)40-42(50-32)34-41(51-40)39-31(44(34)17-9-2-10-18-44)22-24(49-39)21-30-37(47)27-13-5-6-14-28(27)38(30)48/h3-6,11-14,19-22H,1-2,7-10,15-18H2. The second-order valence-corrected chi connectivity index (χ2v) is 18.3. The Bertz CT molecular complexity index is 2490. The molecule has 2 aromatic carbocycles. The molecular formula is C44H32O4S3. The van der Waals surface area contributed by atoms with Crippen molar-refractivity contribution in [1.82, 2.24) is 0 Å². The van der Waals surface area contributed by atoms with Crippen LogP contribution in [0.15, 0.2) is 77.4 Å². The lowest BCUT2D eigenvalue weighted by molar-refractivity contribution is 0.0974. The molecule has 0 aliphatic heterocycles. The summed E-state index contributed by atoms with van der Waals surface area (Å²) in [6, 6.07) is 16.6. The average Bonchev–Trinajstić information content (AvgIpc) is 4.00. The average molecular weight is 721 g/mol. The predicted molar refractivity (Wildman–Crippen MR) is 206 cm³/mol. The zero-order valence-electron chi connectivity index (χ0n) is 27.9. The number of benzene rings is 2. The fourth-order valence-corrected chi connectivity index (χ4v) is 14.9. The second-order valence-electron chi connectivity index (χ2n) is 15.1. The minimum atomic E-state index is -0.196. The molecule has 2 fully saturated rings. The first-order valence-corrected chi connectivity index (χ1v) is 20.6. The minimum Gasteiger partial charge on any atom is -0.288 e. The van der Waals surface area contributed by atoms with Crippen LogP contribution in [-0.2, 0) is 10.8 Å². The van der Waals surface area contributed by atoms with Crippen LogP contribution in [0.5, 0.6) is 0 Å². The molecule has 0 atom stereocenters. The van der Waals surface area contributed by atoms with Crippen molar-refractivity contribution in [1.29, 1.82) is 0 Å². The molecule has 0 amide bonds. The number of fused-ring (bicyclic) bond motifs is 12. The number of carbonyl (C=O) groups is 4. The fourth-order valence-electron chi connectivity index (χ4n) is 10.3. The summed E-state index contributed by atoms with van der Waals surface area (Å²) in [6.45, 7) is 0. The lowest BCUT2D eigenvalue weighted by atomic mass is 9.66. The summed E-state index contributed by atoms with van der Waals surface area (Å²) in [5.74, 6) is -0.660. The molecule has 11 rings (SSSR count). The molecule has 0 unspecified atom stereocenters. The van der Waals surface area contributed by atoms with Gasteiger partial charge in [-0.3, -0.25) is 19.2 Å². The first-order valence-electron chi connectivity index (χ1n) is 18.2. The third-order valence-electron chi connectivity index (χ3n) is 12.6. The summed E-state index contributed by atoms with van der Waals surface area (Å²) >= 11 is 5.59. The van der Waals surface area contributed by atoms with Gasteiger partial charge in [-0.25, -0.2) is 0 Å². The molecule has 7 heteroatoms. The fraction of sp³-hybridized carbons (Fsp3) is 0.273. The summed E-state index contributed by atoms with van der Waals surface area (Å²) < 4.78 is 2.81. The van der Waals surface area contributed by atoms with Crippen LogP contribution in [-0.4, -0.2) is 23.1 Å². The summed E-state index contributed by atoms with van der Waals surface area (Å²) in [4.78, 5) is 58.6. The Morgan fingerprint density at radius 1 is 0.529 bits per heavy atom. The Labute approximate surface area is 307 Å². The van der Waals surface area contributed by atoms with Crippen molar-refractivity contribution in [2.75, 3.05) is 0 Å². The molecule has 3 heterocycles. The molecule has 51 heavy (non-hydrogen) atoms. The maximum atomic E-state index is 13.5.